The second-order valence-electron chi connectivity index (χ2n) is 11.2. The fraction of sp³-hybridized carbons (Fsp3) is 0.750. The van der Waals surface area contributed by atoms with Gasteiger partial charge in [0.1, 0.15) is 5.78 Å². The molecule has 4 nitrogen and oxygen atoms in total. The second kappa shape index (κ2) is 10.7. The van der Waals surface area contributed by atoms with E-state index in [4.69, 9.17) is 5.73 Å². The molecule has 1 heterocycles. The molecular formula is C28H42F3N3O. The van der Waals surface area contributed by atoms with E-state index in [0.29, 0.717) is 17.4 Å². The lowest BCUT2D eigenvalue weighted by Crippen LogP contribution is -2.46. The van der Waals surface area contributed by atoms with Gasteiger partial charge in [-0.1, -0.05) is 32.6 Å². The van der Waals surface area contributed by atoms with Crippen LogP contribution in [0.4, 0.5) is 24.5 Å². The van der Waals surface area contributed by atoms with Crippen molar-refractivity contribution in [3.8, 4) is 0 Å². The van der Waals surface area contributed by atoms with E-state index < -0.39 is 11.7 Å². The highest BCUT2D eigenvalue weighted by molar-refractivity contribution is 5.80. The van der Waals surface area contributed by atoms with Gasteiger partial charge in [0, 0.05) is 43.5 Å². The maximum absolute atomic E-state index is 13.0. The summed E-state index contributed by atoms with van der Waals surface area (Å²) in [4.78, 5) is 15.6. The Hall–Kier alpha value is -1.76. The van der Waals surface area contributed by atoms with Crippen molar-refractivity contribution in [1.82, 2.24) is 4.90 Å². The molecule has 1 aromatic carbocycles. The molecule has 1 aliphatic heterocycles. The van der Waals surface area contributed by atoms with Gasteiger partial charge >= 0.3 is 6.18 Å². The average molecular weight is 494 g/mol. The first-order valence-electron chi connectivity index (χ1n) is 13.6. The zero-order valence-corrected chi connectivity index (χ0v) is 21.4. The summed E-state index contributed by atoms with van der Waals surface area (Å²) in [7, 11) is 0. The van der Waals surface area contributed by atoms with Gasteiger partial charge in [-0.15, -0.1) is 0 Å². The summed E-state index contributed by atoms with van der Waals surface area (Å²) in [5.74, 6) is 2.73. The minimum atomic E-state index is -4.40. The van der Waals surface area contributed by atoms with Crippen molar-refractivity contribution in [2.24, 2.45) is 23.2 Å². The lowest BCUT2D eigenvalue weighted by Gasteiger charge is -2.36. The number of nitrogens with zero attached hydrogens (tertiary/aromatic N) is 2. The van der Waals surface area contributed by atoms with Crippen LogP contribution in [0.25, 0.3) is 0 Å². The highest BCUT2D eigenvalue weighted by Crippen LogP contribution is 2.77. The largest absolute Gasteiger partial charge is 0.418 e. The summed E-state index contributed by atoms with van der Waals surface area (Å²) < 4.78 is 38.9. The monoisotopic (exact) mass is 493 g/mol. The Bertz CT molecular complexity index is 881. The van der Waals surface area contributed by atoms with Crippen molar-refractivity contribution in [3.63, 3.8) is 0 Å². The summed E-state index contributed by atoms with van der Waals surface area (Å²) >= 11 is 0. The number of nitrogens with two attached hydrogens (primary N) is 1. The molecule has 2 N–H and O–H groups in total. The molecule has 4 unspecified atom stereocenters. The number of hydrogen-bond donors (Lipinski definition) is 1. The van der Waals surface area contributed by atoms with Gasteiger partial charge in [-0.3, -0.25) is 9.69 Å². The number of unbranched alkanes of at least 4 members (excludes halogenated alkanes) is 4. The molecular weight excluding hydrogens is 451 g/mol. The maximum Gasteiger partial charge on any atom is 0.418 e. The Labute approximate surface area is 208 Å². The lowest BCUT2D eigenvalue weighted by atomic mass is 9.71. The molecule has 1 saturated heterocycles. The van der Waals surface area contributed by atoms with Crippen molar-refractivity contribution in [2.75, 3.05) is 43.4 Å². The number of ketones is 1. The van der Waals surface area contributed by atoms with Gasteiger partial charge < -0.3 is 10.6 Å². The molecule has 0 amide bonds. The summed E-state index contributed by atoms with van der Waals surface area (Å²) in [6.07, 6.45) is 7.39. The van der Waals surface area contributed by atoms with Gasteiger partial charge in [0.2, 0.25) is 0 Å². The van der Waals surface area contributed by atoms with Crippen molar-refractivity contribution in [2.45, 2.75) is 77.8 Å². The summed E-state index contributed by atoms with van der Waals surface area (Å²) in [6.45, 7) is 8.40. The van der Waals surface area contributed by atoms with Gasteiger partial charge in [0.15, 0.2) is 0 Å². The molecule has 196 valence electrons. The van der Waals surface area contributed by atoms with Crippen LogP contribution in [0.1, 0.15) is 77.2 Å². The van der Waals surface area contributed by atoms with Crippen molar-refractivity contribution >= 4 is 17.2 Å². The van der Waals surface area contributed by atoms with Crippen LogP contribution in [0.3, 0.4) is 0 Å². The minimum Gasteiger partial charge on any atom is -0.398 e. The van der Waals surface area contributed by atoms with Crippen molar-refractivity contribution in [3.05, 3.63) is 23.8 Å². The number of piperazine rings is 1. The molecule has 4 atom stereocenters. The number of anilines is 2. The smallest absolute Gasteiger partial charge is 0.398 e. The third-order valence-electron chi connectivity index (χ3n) is 9.15. The Kier molecular flexibility index (Phi) is 8.04. The van der Waals surface area contributed by atoms with E-state index in [0.717, 1.165) is 50.0 Å². The van der Waals surface area contributed by atoms with Crippen LogP contribution in [0.5, 0.6) is 0 Å². The zero-order chi connectivity index (χ0) is 25.2. The van der Waals surface area contributed by atoms with E-state index in [-0.39, 0.29) is 5.69 Å². The van der Waals surface area contributed by atoms with Crippen LogP contribution in [-0.4, -0.2) is 43.4 Å². The summed E-state index contributed by atoms with van der Waals surface area (Å²) in [5, 5.41) is 0. The number of nitrogen functional groups attached to an aromatic ring is 1. The number of carbonyl (C=O) groups is 1. The van der Waals surface area contributed by atoms with E-state index >= 15 is 0 Å². The first kappa shape index (κ1) is 26.3. The number of Topliss-reactive ketones (excluding diaryl/α,β-unsaturated/α-hetero) is 1. The third-order valence-corrected chi connectivity index (χ3v) is 9.15. The van der Waals surface area contributed by atoms with Crippen LogP contribution in [0.15, 0.2) is 18.2 Å². The van der Waals surface area contributed by atoms with Gasteiger partial charge in [-0.2, -0.15) is 13.2 Å². The molecule has 1 spiro atoms. The molecule has 0 aromatic heterocycles. The normalized spacial score (nSPS) is 29.5. The minimum absolute atomic E-state index is 0.211. The number of rotatable bonds is 8. The molecule has 1 aromatic rings. The molecule has 4 aliphatic rings. The fourth-order valence-electron chi connectivity index (χ4n) is 6.80. The van der Waals surface area contributed by atoms with Gasteiger partial charge in [0.25, 0.3) is 0 Å². The van der Waals surface area contributed by atoms with Crippen LogP contribution in [-0.2, 0) is 11.0 Å². The van der Waals surface area contributed by atoms with E-state index in [9.17, 15) is 18.0 Å². The van der Waals surface area contributed by atoms with E-state index in [2.05, 4.69) is 11.8 Å². The Morgan fingerprint density at radius 1 is 1.11 bits per heavy atom. The molecule has 4 fully saturated rings. The third kappa shape index (κ3) is 5.81. The fourth-order valence-corrected chi connectivity index (χ4v) is 6.80. The number of carbonyl (C=O) groups excluding carboxylic acids is 1. The lowest BCUT2D eigenvalue weighted by molar-refractivity contribution is -0.136. The molecule has 0 bridgehead atoms. The quantitative estimate of drug-likeness (QED) is 0.337. The Balaban J connectivity index is 0.000000214. The summed E-state index contributed by atoms with van der Waals surface area (Å²) in [6, 6.07) is 4.22. The number of alkyl halides is 3. The van der Waals surface area contributed by atoms with Gasteiger partial charge in [-0.05, 0) is 81.0 Å². The van der Waals surface area contributed by atoms with Crippen molar-refractivity contribution < 1.29 is 18.0 Å². The SMILES string of the molecule is CC(=O)C1CC2CCC23CC13.CCCCCCCN1CCN(c2ccc(N)c(C(F)(F)F)c2)CC1. The Morgan fingerprint density at radius 2 is 1.83 bits per heavy atom. The molecule has 35 heavy (non-hydrogen) atoms. The first-order chi connectivity index (χ1) is 16.7. The van der Waals surface area contributed by atoms with Gasteiger partial charge in [0.05, 0.1) is 5.56 Å². The predicted octanol–water partition coefficient (Wildman–Crippen LogP) is 6.39. The van der Waals surface area contributed by atoms with E-state index in [1.165, 1.54) is 69.9 Å². The first-order valence-corrected chi connectivity index (χ1v) is 13.6. The number of hydrogen-bond acceptors (Lipinski definition) is 4. The summed E-state index contributed by atoms with van der Waals surface area (Å²) in [5.41, 5.74) is 5.86. The van der Waals surface area contributed by atoms with Crippen LogP contribution in [0.2, 0.25) is 0 Å². The van der Waals surface area contributed by atoms with Crippen molar-refractivity contribution in [1.29, 1.82) is 0 Å². The number of halogens is 3. The molecule has 7 heteroatoms. The van der Waals surface area contributed by atoms with Crippen LogP contribution < -0.4 is 10.6 Å². The Morgan fingerprint density at radius 3 is 2.34 bits per heavy atom. The average Bonchev–Trinajstić information content (AvgIpc) is 3.52. The number of benzene rings is 1. The standard InChI is InChI=1S/C18H28F3N3.C10H14O/c1-2-3-4-5-6-9-23-10-12-24(13-11-23)15-7-8-17(22)16(14-15)18(19,20)21;1-6(11)8-4-7-2-3-10(7)5-9(8)10/h7-8,14H,2-6,9-13,22H2,1H3;7-9H,2-5H2,1H3. The van der Waals surface area contributed by atoms with Crippen LogP contribution in [0, 0.1) is 23.2 Å². The molecule has 3 saturated carbocycles. The zero-order valence-electron chi connectivity index (χ0n) is 21.4. The second-order valence-corrected chi connectivity index (χ2v) is 11.2. The topological polar surface area (TPSA) is 49.6 Å². The molecule has 5 rings (SSSR count). The van der Waals surface area contributed by atoms with E-state index in [1.54, 1.807) is 13.0 Å². The maximum atomic E-state index is 13.0. The van der Waals surface area contributed by atoms with Gasteiger partial charge in [-0.25, -0.2) is 0 Å². The highest BCUT2D eigenvalue weighted by atomic mass is 19.4. The molecule has 0 radical (unpaired) electrons. The van der Waals surface area contributed by atoms with Crippen LogP contribution >= 0.6 is 0 Å². The highest BCUT2D eigenvalue weighted by Gasteiger charge is 2.71. The predicted molar refractivity (Wildman–Crippen MR) is 135 cm³/mol. The molecule has 3 aliphatic carbocycles. The van der Waals surface area contributed by atoms with E-state index in [1.807, 2.05) is 4.90 Å².